The van der Waals surface area contributed by atoms with Crippen LogP contribution < -0.4 is 0 Å². The average Bonchev–Trinajstić information content (AvgIpc) is 2.27. The van der Waals surface area contributed by atoms with Crippen molar-refractivity contribution in [2.45, 2.75) is 44.6 Å². The van der Waals surface area contributed by atoms with Crippen LogP contribution in [-0.2, 0) is 12.0 Å². The normalized spacial score (nSPS) is 11.5. The van der Waals surface area contributed by atoms with Crippen molar-refractivity contribution >= 4 is 17.0 Å². The first-order valence-electron chi connectivity index (χ1n) is 6.30. The Balaban J connectivity index is 3.29. The van der Waals surface area contributed by atoms with Gasteiger partial charge in [-0.1, -0.05) is 26.8 Å². The zero-order chi connectivity index (χ0) is 14.8. The fraction of sp³-hybridized carbons (Fsp3) is 0.533. The van der Waals surface area contributed by atoms with Gasteiger partial charge >= 0.3 is 0 Å². The van der Waals surface area contributed by atoms with Gasteiger partial charge in [0.2, 0.25) is 0 Å². The Labute approximate surface area is 120 Å². The number of aliphatic hydroxyl groups is 1. The average molecular weight is 281 g/mol. The Kier molecular flexibility index (Phi) is 5.04. The molecule has 0 saturated heterocycles. The number of thioether (sulfide) groups is 1. The maximum Gasteiger partial charge on any atom is 0.285 e. The molecule has 0 aromatic heterocycles. The predicted octanol–water partition coefficient (Wildman–Crippen LogP) is 3.56. The molecule has 1 rings (SSSR count). The summed E-state index contributed by atoms with van der Waals surface area (Å²) in [6.45, 7) is 8.33. The van der Waals surface area contributed by atoms with Crippen LogP contribution in [0.1, 0.15) is 37.5 Å². The monoisotopic (exact) mass is 281 g/mol. The van der Waals surface area contributed by atoms with E-state index in [2.05, 4.69) is 20.8 Å². The van der Waals surface area contributed by atoms with Gasteiger partial charge < -0.3 is 10.0 Å². The van der Waals surface area contributed by atoms with Crippen LogP contribution in [0.2, 0.25) is 0 Å². The van der Waals surface area contributed by atoms with Gasteiger partial charge in [-0.2, -0.15) is 0 Å². The van der Waals surface area contributed by atoms with Crippen LogP contribution >= 0.6 is 11.8 Å². The zero-order valence-corrected chi connectivity index (χ0v) is 13.4. The summed E-state index contributed by atoms with van der Waals surface area (Å²) in [6, 6.07) is 4.01. The van der Waals surface area contributed by atoms with Gasteiger partial charge in [-0.15, -0.1) is 0 Å². The smallest absolute Gasteiger partial charge is 0.285 e. The maximum atomic E-state index is 11.9. The topological polar surface area (TPSA) is 40.5 Å². The SMILES string of the molecule is Cc1cc(SC(=O)N(C)C)c(C(C)(C)C)cc1CO. The molecule has 0 heterocycles. The molecule has 1 N–H and O–H groups in total. The molecule has 3 nitrogen and oxygen atoms in total. The number of hydrogen-bond acceptors (Lipinski definition) is 3. The Bertz CT molecular complexity index is 476. The van der Waals surface area contributed by atoms with Gasteiger partial charge in [0.15, 0.2) is 0 Å². The molecule has 19 heavy (non-hydrogen) atoms. The first-order valence-corrected chi connectivity index (χ1v) is 7.12. The van der Waals surface area contributed by atoms with Crippen LogP contribution in [0.15, 0.2) is 17.0 Å². The summed E-state index contributed by atoms with van der Waals surface area (Å²) in [4.78, 5) is 14.4. The van der Waals surface area contributed by atoms with Gasteiger partial charge in [-0.25, -0.2) is 0 Å². The second-order valence-electron chi connectivity index (χ2n) is 5.95. The fourth-order valence-corrected chi connectivity index (χ4v) is 2.83. The third-order valence-corrected chi connectivity index (χ3v) is 4.08. The minimum atomic E-state index is -0.0630. The summed E-state index contributed by atoms with van der Waals surface area (Å²) in [5.74, 6) is 0. The number of carbonyl (C=O) groups excluding carboxylic acids is 1. The Morgan fingerprint density at radius 1 is 1.32 bits per heavy atom. The number of amides is 1. The van der Waals surface area contributed by atoms with E-state index in [1.165, 1.54) is 11.8 Å². The minimum Gasteiger partial charge on any atom is -0.392 e. The van der Waals surface area contributed by atoms with Crippen LogP contribution in [0, 0.1) is 6.92 Å². The van der Waals surface area contributed by atoms with Crippen molar-refractivity contribution in [3.8, 4) is 0 Å². The van der Waals surface area contributed by atoms with Crippen LogP contribution in [-0.4, -0.2) is 29.3 Å². The van der Waals surface area contributed by atoms with Crippen LogP contribution in [0.25, 0.3) is 0 Å². The molecule has 0 spiro atoms. The summed E-state index contributed by atoms with van der Waals surface area (Å²) in [5, 5.41) is 9.40. The van der Waals surface area contributed by atoms with Gasteiger partial charge in [0.05, 0.1) is 6.61 Å². The molecule has 1 aromatic rings. The number of aryl methyl sites for hydroxylation is 1. The molecule has 0 unspecified atom stereocenters. The van der Waals surface area contributed by atoms with E-state index in [9.17, 15) is 9.90 Å². The lowest BCUT2D eigenvalue weighted by Gasteiger charge is -2.24. The van der Waals surface area contributed by atoms with Gasteiger partial charge in [0.25, 0.3) is 5.24 Å². The predicted molar refractivity (Wildman–Crippen MR) is 80.7 cm³/mol. The van der Waals surface area contributed by atoms with E-state index >= 15 is 0 Å². The van der Waals surface area contributed by atoms with E-state index in [0.29, 0.717) is 0 Å². The summed E-state index contributed by atoms with van der Waals surface area (Å²) < 4.78 is 0. The summed E-state index contributed by atoms with van der Waals surface area (Å²) >= 11 is 1.24. The highest BCUT2D eigenvalue weighted by atomic mass is 32.2. The number of rotatable bonds is 2. The summed E-state index contributed by atoms with van der Waals surface area (Å²) in [6.07, 6.45) is 0. The fourth-order valence-electron chi connectivity index (χ4n) is 1.75. The third-order valence-electron chi connectivity index (χ3n) is 2.98. The molecule has 1 aromatic carbocycles. The van der Waals surface area contributed by atoms with Crippen LogP contribution in [0.3, 0.4) is 0 Å². The highest BCUT2D eigenvalue weighted by molar-refractivity contribution is 8.13. The standard InChI is InChI=1S/C15H23NO2S/c1-10-7-13(19-14(18)16(5)6)12(15(2,3)4)8-11(10)9-17/h7-8,17H,9H2,1-6H3. The van der Waals surface area contributed by atoms with Gasteiger partial charge in [-0.05, 0) is 46.9 Å². The van der Waals surface area contributed by atoms with Gasteiger partial charge in [-0.3, -0.25) is 4.79 Å². The van der Waals surface area contributed by atoms with Crippen LogP contribution in [0.4, 0.5) is 4.79 Å². The second kappa shape index (κ2) is 5.97. The van der Waals surface area contributed by atoms with Crippen molar-refractivity contribution < 1.29 is 9.90 Å². The van der Waals surface area contributed by atoms with Crippen molar-refractivity contribution in [1.82, 2.24) is 4.90 Å². The number of hydrogen-bond donors (Lipinski definition) is 1. The van der Waals surface area contributed by atoms with Crippen LogP contribution in [0.5, 0.6) is 0 Å². The van der Waals surface area contributed by atoms with E-state index in [1.54, 1.807) is 19.0 Å². The Hall–Kier alpha value is -1.00. The molecule has 0 atom stereocenters. The maximum absolute atomic E-state index is 11.9. The van der Waals surface area contributed by atoms with Gasteiger partial charge in [0.1, 0.15) is 0 Å². The highest BCUT2D eigenvalue weighted by Crippen LogP contribution is 2.35. The van der Waals surface area contributed by atoms with E-state index in [1.807, 2.05) is 19.1 Å². The number of aliphatic hydroxyl groups excluding tert-OH is 1. The van der Waals surface area contributed by atoms with Crippen molar-refractivity contribution in [2.24, 2.45) is 0 Å². The highest BCUT2D eigenvalue weighted by Gasteiger charge is 2.22. The Morgan fingerprint density at radius 3 is 2.32 bits per heavy atom. The molecule has 4 heteroatoms. The first-order chi connectivity index (χ1) is 8.66. The van der Waals surface area contributed by atoms with Crippen molar-refractivity contribution in [3.05, 3.63) is 28.8 Å². The van der Waals surface area contributed by atoms with E-state index in [4.69, 9.17) is 0 Å². The number of carbonyl (C=O) groups is 1. The van der Waals surface area contributed by atoms with E-state index < -0.39 is 0 Å². The molecular weight excluding hydrogens is 258 g/mol. The lowest BCUT2D eigenvalue weighted by Crippen LogP contribution is -2.18. The lowest BCUT2D eigenvalue weighted by atomic mass is 9.85. The lowest BCUT2D eigenvalue weighted by molar-refractivity contribution is 0.241. The molecule has 0 radical (unpaired) electrons. The molecule has 0 aliphatic carbocycles. The Morgan fingerprint density at radius 2 is 1.89 bits per heavy atom. The molecule has 106 valence electrons. The quantitative estimate of drug-likeness (QED) is 0.843. The van der Waals surface area contributed by atoms with Crippen molar-refractivity contribution in [3.63, 3.8) is 0 Å². The molecule has 0 fully saturated rings. The largest absolute Gasteiger partial charge is 0.392 e. The molecule has 0 bridgehead atoms. The molecule has 0 aliphatic rings. The van der Waals surface area contributed by atoms with Crippen molar-refractivity contribution in [2.75, 3.05) is 14.1 Å². The summed E-state index contributed by atoms with van der Waals surface area (Å²) in [5.41, 5.74) is 2.98. The minimum absolute atomic E-state index is 0.0154. The molecular formula is C15H23NO2S. The molecule has 1 amide bonds. The number of nitrogens with zero attached hydrogens (tertiary/aromatic N) is 1. The molecule has 0 saturated carbocycles. The van der Waals surface area contributed by atoms with Crippen molar-refractivity contribution in [1.29, 1.82) is 0 Å². The van der Waals surface area contributed by atoms with Gasteiger partial charge in [0, 0.05) is 19.0 Å². The number of benzene rings is 1. The third kappa shape index (κ3) is 3.98. The van der Waals surface area contributed by atoms with E-state index in [-0.39, 0.29) is 17.3 Å². The zero-order valence-electron chi connectivity index (χ0n) is 12.6. The summed E-state index contributed by atoms with van der Waals surface area (Å²) in [7, 11) is 3.50. The first kappa shape index (κ1) is 16.1. The molecule has 0 aliphatic heterocycles. The van der Waals surface area contributed by atoms with E-state index in [0.717, 1.165) is 21.6 Å². The second-order valence-corrected chi connectivity index (χ2v) is 6.94.